The molecule has 0 spiro atoms. The Labute approximate surface area is 186 Å². The molecule has 1 aliphatic carbocycles. The van der Waals surface area contributed by atoms with Gasteiger partial charge in [0.1, 0.15) is 0 Å². The zero-order valence-corrected chi connectivity index (χ0v) is 18.8. The number of hydrogen-bond donors (Lipinski definition) is 0. The molecule has 1 aromatic heterocycles. The zero-order valence-electron chi connectivity index (χ0n) is 18.0. The van der Waals surface area contributed by atoms with Gasteiger partial charge in [-0.3, -0.25) is 14.7 Å². The van der Waals surface area contributed by atoms with E-state index in [4.69, 9.17) is 4.74 Å². The molecule has 164 valence electrons. The van der Waals surface area contributed by atoms with Crippen LogP contribution in [0.1, 0.15) is 62.7 Å². The first-order valence-corrected chi connectivity index (χ1v) is 11.8. The Morgan fingerprint density at radius 3 is 2.55 bits per heavy atom. The van der Waals surface area contributed by atoms with Gasteiger partial charge >= 0.3 is 5.97 Å². The molecule has 1 amide bonds. The van der Waals surface area contributed by atoms with E-state index in [0.717, 1.165) is 50.0 Å². The molecule has 0 saturated heterocycles. The fourth-order valence-corrected chi connectivity index (χ4v) is 4.83. The van der Waals surface area contributed by atoms with Crippen molar-refractivity contribution in [1.29, 1.82) is 0 Å². The number of anilines is 2. The number of esters is 1. The van der Waals surface area contributed by atoms with Gasteiger partial charge in [-0.15, -0.1) is 11.3 Å². The monoisotopic (exact) mass is 440 g/mol. The molecule has 7 nitrogen and oxygen atoms in total. The van der Waals surface area contributed by atoms with Gasteiger partial charge in [-0.05, 0) is 51.0 Å². The predicted molar refractivity (Wildman–Crippen MR) is 123 cm³/mol. The number of ether oxygens (including phenoxy) is 1. The molecule has 2 aromatic rings. The smallest absolute Gasteiger partial charge is 0.338 e. The number of hydrazone groups is 1. The van der Waals surface area contributed by atoms with Crippen LogP contribution in [0.3, 0.4) is 0 Å². The number of carbonyl (C=O) groups excluding carboxylic acids is 2. The van der Waals surface area contributed by atoms with Crippen LogP contribution in [0.4, 0.5) is 10.8 Å². The summed E-state index contributed by atoms with van der Waals surface area (Å²) >= 11 is 1.44. The Morgan fingerprint density at radius 1 is 1.19 bits per heavy atom. The van der Waals surface area contributed by atoms with Gasteiger partial charge in [0.05, 0.1) is 11.3 Å². The van der Waals surface area contributed by atoms with Gasteiger partial charge in [-0.1, -0.05) is 19.3 Å². The molecule has 2 aliphatic rings. The third-order valence-corrected chi connectivity index (χ3v) is 6.58. The maximum atomic E-state index is 13.3. The van der Waals surface area contributed by atoms with Crippen LogP contribution in [0.25, 0.3) is 0 Å². The molecule has 8 heteroatoms. The van der Waals surface area contributed by atoms with E-state index in [0.29, 0.717) is 10.7 Å². The quantitative estimate of drug-likeness (QED) is 0.612. The van der Waals surface area contributed by atoms with Gasteiger partial charge in [0.2, 0.25) is 0 Å². The fourth-order valence-electron chi connectivity index (χ4n) is 4.11. The number of hydrogen-bond acceptors (Lipinski definition) is 7. The topological polar surface area (TPSA) is 75.1 Å². The summed E-state index contributed by atoms with van der Waals surface area (Å²) in [6, 6.07) is 7.26. The van der Waals surface area contributed by atoms with Crippen molar-refractivity contribution in [3.63, 3.8) is 0 Å². The van der Waals surface area contributed by atoms with Gasteiger partial charge in [-0.2, -0.15) is 5.10 Å². The van der Waals surface area contributed by atoms with Crippen molar-refractivity contribution in [2.24, 2.45) is 5.10 Å². The first-order valence-electron chi connectivity index (χ1n) is 10.9. The molecule has 4 rings (SSSR count). The summed E-state index contributed by atoms with van der Waals surface area (Å²) in [5.41, 5.74) is 2.45. The third kappa shape index (κ3) is 4.95. The van der Waals surface area contributed by atoms with Crippen LogP contribution >= 0.6 is 11.3 Å². The van der Waals surface area contributed by atoms with Crippen LogP contribution in [0.2, 0.25) is 0 Å². The highest BCUT2D eigenvalue weighted by atomic mass is 32.1. The summed E-state index contributed by atoms with van der Waals surface area (Å²) in [5, 5.41) is 8.93. The highest BCUT2D eigenvalue weighted by Gasteiger charge is 2.33. The van der Waals surface area contributed by atoms with E-state index in [1.807, 2.05) is 29.4 Å². The van der Waals surface area contributed by atoms with Crippen LogP contribution in [-0.2, 0) is 9.53 Å². The van der Waals surface area contributed by atoms with Gasteiger partial charge in [0.25, 0.3) is 5.91 Å². The number of nitrogens with zero attached hydrogens (tertiary/aromatic N) is 4. The maximum Gasteiger partial charge on any atom is 0.338 e. The van der Waals surface area contributed by atoms with E-state index in [2.05, 4.69) is 10.1 Å². The van der Waals surface area contributed by atoms with Crippen LogP contribution in [0.5, 0.6) is 0 Å². The Bertz CT molecular complexity index is 936. The van der Waals surface area contributed by atoms with Crippen molar-refractivity contribution in [3.05, 3.63) is 41.4 Å². The highest BCUT2D eigenvalue weighted by molar-refractivity contribution is 7.13. The Morgan fingerprint density at radius 2 is 1.94 bits per heavy atom. The maximum absolute atomic E-state index is 13.3. The number of aromatic nitrogens is 1. The lowest BCUT2D eigenvalue weighted by Crippen LogP contribution is -2.47. The number of rotatable bonds is 6. The third-order valence-electron chi connectivity index (χ3n) is 5.81. The van der Waals surface area contributed by atoms with Gasteiger partial charge in [0.15, 0.2) is 11.2 Å². The van der Waals surface area contributed by atoms with Gasteiger partial charge in [0, 0.05) is 36.3 Å². The van der Waals surface area contributed by atoms with E-state index >= 15 is 0 Å². The summed E-state index contributed by atoms with van der Waals surface area (Å²) in [4.78, 5) is 32.0. The van der Waals surface area contributed by atoms with Crippen molar-refractivity contribution in [1.82, 2.24) is 4.98 Å². The molecule has 1 unspecified atom stereocenters. The minimum atomic E-state index is -0.885. The van der Waals surface area contributed by atoms with Crippen molar-refractivity contribution < 1.29 is 14.3 Å². The van der Waals surface area contributed by atoms with Crippen LogP contribution < -0.4 is 9.91 Å². The molecular weight excluding hydrogens is 412 g/mol. The first kappa shape index (κ1) is 21.5. The molecular formula is C23H28N4O3S. The van der Waals surface area contributed by atoms with Crippen LogP contribution in [0.15, 0.2) is 40.9 Å². The molecule has 0 radical (unpaired) electrons. The Hall–Kier alpha value is -2.74. The lowest BCUT2D eigenvalue weighted by molar-refractivity contribution is -0.127. The summed E-state index contributed by atoms with van der Waals surface area (Å²) < 4.78 is 5.56. The second-order valence-electron chi connectivity index (χ2n) is 8.12. The summed E-state index contributed by atoms with van der Waals surface area (Å²) in [7, 11) is 0. The molecule has 2 heterocycles. The van der Waals surface area contributed by atoms with E-state index in [1.54, 1.807) is 30.2 Å². The molecule has 0 N–H and O–H groups in total. The molecule has 31 heavy (non-hydrogen) atoms. The molecule has 1 atom stereocenters. The number of thiazole rings is 1. The van der Waals surface area contributed by atoms with Crippen LogP contribution in [-0.4, -0.2) is 41.3 Å². The number of amides is 1. The van der Waals surface area contributed by atoms with Crippen molar-refractivity contribution in [2.45, 2.75) is 64.5 Å². The number of benzene rings is 1. The molecule has 1 aromatic carbocycles. The Balaban J connectivity index is 1.43. The van der Waals surface area contributed by atoms with Crippen molar-refractivity contribution in [2.75, 3.05) is 16.5 Å². The van der Waals surface area contributed by atoms with E-state index < -0.39 is 12.1 Å². The SMILES string of the molecule is CC1=NN(c2ccc(C(=O)OC(C)C(=O)N(c3nccs3)C3CCCCC3)cc2)CC1. The van der Waals surface area contributed by atoms with E-state index in [9.17, 15) is 9.59 Å². The van der Waals surface area contributed by atoms with Gasteiger partial charge < -0.3 is 4.74 Å². The molecule has 1 fully saturated rings. The normalized spacial score (nSPS) is 17.9. The minimum Gasteiger partial charge on any atom is -0.449 e. The molecule has 1 saturated carbocycles. The van der Waals surface area contributed by atoms with Crippen molar-refractivity contribution >= 4 is 39.7 Å². The lowest BCUT2D eigenvalue weighted by Gasteiger charge is -2.33. The fraction of sp³-hybridized carbons (Fsp3) is 0.478. The molecule has 1 aliphatic heterocycles. The van der Waals surface area contributed by atoms with Crippen molar-refractivity contribution in [3.8, 4) is 0 Å². The average Bonchev–Trinajstić information content (AvgIpc) is 3.47. The predicted octanol–water partition coefficient (Wildman–Crippen LogP) is 4.64. The largest absolute Gasteiger partial charge is 0.449 e. The average molecular weight is 441 g/mol. The second-order valence-corrected chi connectivity index (χ2v) is 8.99. The summed E-state index contributed by atoms with van der Waals surface area (Å²) in [6.07, 6.45) is 7.05. The van der Waals surface area contributed by atoms with Gasteiger partial charge in [-0.25, -0.2) is 9.78 Å². The highest BCUT2D eigenvalue weighted by Crippen LogP contribution is 2.30. The summed E-state index contributed by atoms with van der Waals surface area (Å²) in [6.45, 7) is 4.49. The Kier molecular flexibility index (Phi) is 6.65. The van der Waals surface area contributed by atoms with E-state index in [1.165, 1.54) is 17.8 Å². The standard InChI is InChI=1S/C23H28N4O3S/c1-16-12-14-26(25-16)19-10-8-18(9-11-19)22(29)30-17(2)21(28)27(23-24-13-15-31-23)20-6-4-3-5-7-20/h8-11,13,15,17,20H,3-7,12,14H2,1-2H3. The lowest BCUT2D eigenvalue weighted by atomic mass is 9.94. The number of carbonyl (C=O) groups is 2. The van der Waals surface area contributed by atoms with E-state index in [-0.39, 0.29) is 11.9 Å². The molecule has 0 bridgehead atoms. The van der Waals surface area contributed by atoms with Crippen LogP contribution in [0, 0.1) is 0 Å². The minimum absolute atomic E-state index is 0.109. The second kappa shape index (κ2) is 9.60. The zero-order chi connectivity index (χ0) is 21.8. The first-order chi connectivity index (χ1) is 15.0. The summed E-state index contributed by atoms with van der Waals surface area (Å²) in [5.74, 6) is -0.718.